The van der Waals surface area contributed by atoms with Gasteiger partial charge in [0, 0.05) is 18.8 Å². The van der Waals surface area contributed by atoms with E-state index in [1.54, 1.807) is 12.1 Å². The molecule has 0 bridgehead atoms. The first kappa shape index (κ1) is 21.3. The first-order valence-corrected chi connectivity index (χ1v) is 11.0. The van der Waals surface area contributed by atoms with Crippen LogP contribution in [-0.4, -0.2) is 51.5 Å². The minimum atomic E-state index is -3.55. The average molecular weight is 419 g/mol. The lowest BCUT2D eigenvalue weighted by Crippen LogP contribution is -2.40. The minimum Gasteiger partial charge on any atom is -0.484 e. The highest BCUT2D eigenvalue weighted by molar-refractivity contribution is 7.89. The number of hydrogen-bond acceptors (Lipinski definition) is 5. The van der Waals surface area contributed by atoms with Crippen LogP contribution in [0, 0.1) is 0 Å². The van der Waals surface area contributed by atoms with Crippen LogP contribution in [0.1, 0.15) is 25.3 Å². The minimum absolute atomic E-state index is 0.130. The summed E-state index contributed by atoms with van der Waals surface area (Å²) in [6, 6.07) is 13.8. The van der Waals surface area contributed by atoms with Crippen LogP contribution in [0.2, 0.25) is 0 Å². The van der Waals surface area contributed by atoms with E-state index in [9.17, 15) is 13.2 Å². The van der Waals surface area contributed by atoms with Gasteiger partial charge in [0.15, 0.2) is 6.61 Å². The summed E-state index contributed by atoms with van der Waals surface area (Å²) in [5.41, 5.74) is 1.71. The van der Waals surface area contributed by atoms with E-state index in [-0.39, 0.29) is 17.4 Å². The predicted molar refractivity (Wildman–Crippen MR) is 111 cm³/mol. The summed E-state index contributed by atoms with van der Waals surface area (Å²) in [5, 5.41) is 2.71. The van der Waals surface area contributed by atoms with Crippen molar-refractivity contribution in [1.29, 1.82) is 0 Å². The van der Waals surface area contributed by atoms with E-state index in [0.717, 1.165) is 0 Å². The van der Waals surface area contributed by atoms with E-state index in [0.29, 0.717) is 43.7 Å². The first-order valence-electron chi connectivity index (χ1n) is 9.57. The monoisotopic (exact) mass is 418 g/mol. The molecule has 0 spiro atoms. The van der Waals surface area contributed by atoms with Crippen LogP contribution in [0.3, 0.4) is 0 Å². The van der Waals surface area contributed by atoms with E-state index in [1.807, 2.05) is 24.3 Å². The van der Waals surface area contributed by atoms with E-state index < -0.39 is 10.0 Å². The van der Waals surface area contributed by atoms with Crippen LogP contribution < -0.4 is 10.1 Å². The van der Waals surface area contributed by atoms with Gasteiger partial charge in [-0.15, -0.1) is 0 Å². The van der Waals surface area contributed by atoms with Gasteiger partial charge in [0.05, 0.1) is 18.1 Å². The molecule has 7 nitrogen and oxygen atoms in total. The van der Waals surface area contributed by atoms with Gasteiger partial charge in [0.2, 0.25) is 10.0 Å². The number of hydrogen-bond donors (Lipinski definition) is 1. The number of carbonyl (C=O) groups excluding carboxylic acids is 1. The van der Waals surface area contributed by atoms with Gasteiger partial charge < -0.3 is 14.8 Å². The van der Waals surface area contributed by atoms with E-state index in [1.165, 1.54) is 22.0 Å². The molecule has 1 N–H and O–H groups in total. The van der Waals surface area contributed by atoms with Gasteiger partial charge in [0.25, 0.3) is 5.91 Å². The number of ether oxygens (including phenoxy) is 2. The van der Waals surface area contributed by atoms with E-state index in [4.69, 9.17) is 9.47 Å². The van der Waals surface area contributed by atoms with Crippen molar-refractivity contribution in [2.24, 2.45) is 0 Å². The Morgan fingerprint density at radius 1 is 1.07 bits per heavy atom. The summed E-state index contributed by atoms with van der Waals surface area (Å²) in [4.78, 5) is 12.3. The normalized spacial score (nSPS) is 15.3. The van der Waals surface area contributed by atoms with Crippen LogP contribution in [-0.2, 0) is 19.6 Å². The second-order valence-corrected chi connectivity index (χ2v) is 9.04. The molecule has 0 radical (unpaired) electrons. The molecule has 1 fully saturated rings. The van der Waals surface area contributed by atoms with Crippen molar-refractivity contribution in [2.75, 3.05) is 38.2 Å². The summed E-state index contributed by atoms with van der Waals surface area (Å²) < 4.78 is 37.3. The number of sulfonamides is 1. The number of nitrogens with one attached hydrogen (secondary N) is 1. The van der Waals surface area contributed by atoms with Crippen molar-refractivity contribution < 1.29 is 22.7 Å². The maximum absolute atomic E-state index is 12.6. The highest BCUT2D eigenvalue weighted by atomic mass is 32.2. The number of morpholine rings is 1. The van der Waals surface area contributed by atoms with Gasteiger partial charge in [-0.05, 0) is 47.9 Å². The van der Waals surface area contributed by atoms with Gasteiger partial charge in [-0.1, -0.05) is 26.0 Å². The Bertz CT molecular complexity index is 919. The standard InChI is InChI=1S/C21H26N2O5S/c1-16(2)17-3-7-19(8-4-17)28-15-21(24)22-18-5-9-20(10-6-18)29(25,26)23-11-13-27-14-12-23/h3-10,16H,11-15H2,1-2H3,(H,22,24). The van der Waals surface area contributed by atoms with Crippen LogP contribution in [0.4, 0.5) is 5.69 Å². The maximum atomic E-state index is 12.6. The smallest absolute Gasteiger partial charge is 0.262 e. The predicted octanol–water partition coefficient (Wildman–Crippen LogP) is 2.85. The van der Waals surface area contributed by atoms with Crippen LogP contribution in [0.25, 0.3) is 0 Å². The molecule has 2 aromatic rings. The molecule has 8 heteroatoms. The molecule has 3 rings (SSSR count). The molecule has 1 saturated heterocycles. The number of anilines is 1. The quantitative estimate of drug-likeness (QED) is 0.747. The molecule has 2 aromatic carbocycles. The number of carbonyl (C=O) groups is 1. The average Bonchev–Trinajstić information content (AvgIpc) is 2.73. The topological polar surface area (TPSA) is 84.9 Å². The molecule has 1 heterocycles. The zero-order valence-electron chi connectivity index (χ0n) is 16.6. The lowest BCUT2D eigenvalue weighted by atomic mass is 10.0. The molecule has 0 aliphatic carbocycles. The SMILES string of the molecule is CC(C)c1ccc(OCC(=O)Nc2ccc(S(=O)(=O)N3CCOCC3)cc2)cc1. The zero-order valence-corrected chi connectivity index (χ0v) is 17.4. The molecule has 0 aromatic heterocycles. The number of amides is 1. The summed E-state index contributed by atoms with van der Waals surface area (Å²) in [6.45, 7) is 5.57. The lowest BCUT2D eigenvalue weighted by Gasteiger charge is -2.26. The summed E-state index contributed by atoms with van der Waals surface area (Å²) in [7, 11) is -3.55. The Labute approximate surface area is 171 Å². The largest absolute Gasteiger partial charge is 0.484 e. The van der Waals surface area contributed by atoms with Crippen molar-refractivity contribution in [1.82, 2.24) is 4.31 Å². The Morgan fingerprint density at radius 3 is 2.28 bits per heavy atom. The van der Waals surface area contributed by atoms with Crippen molar-refractivity contribution in [3.63, 3.8) is 0 Å². The number of benzene rings is 2. The van der Waals surface area contributed by atoms with Gasteiger partial charge in [-0.3, -0.25) is 4.79 Å². The van der Waals surface area contributed by atoms with Crippen molar-refractivity contribution in [2.45, 2.75) is 24.7 Å². The lowest BCUT2D eigenvalue weighted by molar-refractivity contribution is -0.118. The van der Waals surface area contributed by atoms with Gasteiger partial charge in [-0.25, -0.2) is 8.42 Å². The number of nitrogens with zero attached hydrogens (tertiary/aromatic N) is 1. The fourth-order valence-corrected chi connectivity index (χ4v) is 4.35. The van der Waals surface area contributed by atoms with Crippen molar-refractivity contribution in [3.05, 3.63) is 54.1 Å². The molecular weight excluding hydrogens is 392 g/mol. The second-order valence-electron chi connectivity index (χ2n) is 7.10. The molecule has 29 heavy (non-hydrogen) atoms. The van der Waals surface area contributed by atoms with Crippen LogP contribution in [0.5, 0.6) is 5.75 Å². The van der Waals surface area contributed by atoms with Gasteiger partial charge >= 0.3 is 0 Å². The summed E-state index contributed by atoms with van der Waals surface area (Å²) in [6.07, 6.45) is 0. The summed E-state index contributed by atoms with van der Waals surface area (Å²) >= 11 is 0. The molecular formula is C21H26N2O5S. The fraction of sp³-hybridized carbons (Fsp3) is 0.381. The second kappa shape index (κ2) is 9.39. The highest BCUT2D eigenvalue weighted by Gasteiger charge is 2.26. The van der Waals surface area contributed by atoms with E-state index >= 15 is 0 Å². The van der Waals surface area contributed by atoms with E-state index in [2.05, 4.69) is 19.2 Å². The van der Waals surface area contributed by atoms with Crippen LogP contribution in [0.15, 0.2) is 53.4 Å². The molecule has 0 saturated carbocycles. The Kier molecular flexibility index (Phi) is 6.89. The molecule has 1 aliphatic rings. The third-order valence-corrected chi connectivity index (χ3v) is 6.58. The Morgan fingerprint density at radius 2 is 1.69 bits per heavy atom. The summed E-state index contributed by atoms with van der Waals surface area (Å²) in [5.74, 6) is 0.737. The molecule has 0 atom stereocenters. The third-order valence-electron chi connectivity index (χ3n) is 4.66. The maximum Gasteiger partial charge on any atom is 0.262 e. The highest BCUT2D eigenvalue weighted by Crippen LogP contribution is 2.20. The number of rotatable bonds is 7. The first-order chi connectivity index (χ1) is 13.9. The molecule has 1 aliphatic heterocycles. The molecule has 0 unspecified atom stereocenters. The van der Waals surface area contributed by atoms with Crippen LogP contribution >= 0.6 is 0 Å². The van der Waals surface area contributed by atoms with Gasteiger partial charge in [0.1, 0.15) is 5.75 Å². The van der Waals surface area contributed by atoms with Crippen molar-refractivity contribution >= 4 is 21.6 Å². The fourth-order valence-electron chi connectivity index (χ4n) is 2.94. The molecule has 1 amide bonds. The Balaban J connectivity index is 1.54. The molecule has 156 valence electrons. The third kappa shape index (κ3) is 5.56. The van der Waals surface area contributed by atoms with Crippen molar-refractivity contribution in [3.8, 4) is 5.75 Å². The Hall–Kier alpha value is -2.42. The zero-order chi connectivity index (χ0) is 20.9. The van der Waals surface area contributed by atoms with Gasteiger partial charge in [-0.2, -0.15) is 4.31 Å².